The number of hydrogen-bond acceptors (Lipinski definition) is 3. The highest BCUT2D eigenvalue weighted by atomic mass is 16.3. The number of aliphatic hydroxyl groups is 1. The summed E-state index contributed by atoms with van der Waals surface area (Å²) >= 11 is 0. The van der Waals surface area contributed by atoms with Crippen LogP contribution in [-0.4, -0.2) is 16.9 Å². The molecule has 1 aliphatic heterocycles. The van der Waals surface area contributed by atoms with E-state index in [0.717, 1.165) is 4.90 Å². The van der Waals surface area contributed by atoms with Gasteiger partial charge in [0.15, 0.2) is 0 Å². The Bertz CT molecular complexity index is 896. The zero-order chi connectivity index (χ0) is 18.7. The van der Waals surface area contributed by atoms with Gasteiger partial charge < -0.3 is 5.11 Å². The highest BCUT2D eigenvalue weighted by molar-refractivity contribution is 6.22. The van der Waals surface area contributed by atoms with E-state index < -0.39 is 36.1 Å². The van der Waals surface area contributed by atoms with E-state index in [4.69, 9.17) is 4.11 Å². The molecule has 4 heteroatoms. The van der Waals surface area contributed by atoms with E-state index in [-0.39, 0.29) is 12.0 Å². The summed E-state index contributed by atoms with van der Waals surface area (Å²) in [7, 11) is 0. The molecular formula is C19H17NO3. The maximum atomic E-state index is 13.1. The lowest BCUT2D eigenvalue weighted by molar-refractivity contribution is -0.132. The second-order valence-corrected chi connectivity index (χ2v) is 6.06. The molecule has 1 heterocycles. The molecule has 1 N–H and O–H groups in total. The van der Waals surface area contributed by atoms with Crippen LogP contribution in [0.5, 0.6) is 0 Å². The fourth-order valence-corrected chi connectivity index (χ4v) is 3.71. The summed E-state index contributed by atoms with van der Waals surface area (Å²) in [6.45, 7) is -2.85. The van der Waals surface area contributed by atoms with Gasteiger partial charge in [-0.3, -0.25) is 9.59 Å². The Kier molecular flexibility index (Phi) is 2.31. The van der Waals surface area contributed by atoms with Crippen LogP contribution in [0, 0.1) is 11.8 Å². The van der Waals surface area contributed by atoms with E-state index in [1.54, 1.807) is 48.5 Å². The molecular weight excluding hydrogens is 290 g/mol. The summed E-state index contributed by atoms with van der Waals surface area (Å²) in [5.74, 6) is -3.37. The Balaban J connectivity index is 1.91. The van der Waals surface area contributed by atoms with Gasteiger partial charge in [-0.15, -0.1) is 0 Å². The molecule has 0 aromatic heterocycles. The Morgan fingerprint density at radius 1 is 1.09 bits per heavy atom. The van der Waals surface area contributed by atoms with Gasteiger partial charge >= 0.3 is 0 Å². The van der Waals surface area contributed by atoms with Crippen LogP contribution in [0.25, 0.3) is 0 Å². The monoisotopic (exact) mass is 310 g/mol. The largest absolute Gasteiger partial charge is 0.385 e. The van der Waals surface area contributed by atoms with Crippen LogP contribution < -0.4 is 4.90 Å². The van der Waals surface area contributed by atoms with Crippen molar-refractivity contribution in [3.8, 4) is 0 Å². The van der Waals surface area contributed by atoms with Crippen molar-refractivity contribution in [1.29, 1.82) is 0 Å². The number of nitrogens with zero attached hydrogens (tertiary/aromatic N) is 1. The number of rotatable bonds is 1. The minimum Gasteiger partial charge on any atom is -0.385 e. The number of carbonyl (C=O) groups excluding carboxylic acids is 2. The number of amides is 2. The molecule has 1 fully saturated rings. The van der Waals surface area contributed by atoms with Crippen molar-refractivity contribution in [2.24, 2.45) is 11.8 Å². The van der Waals surface area contributed by atoms with E-state index in [2.05, 4.69) is 0 Å². The quantitative estimate of drug-likeness (QED) is 0.822. The molecule has 1 aliphatic carbocycles. The van der Waals surface area contributed by atoms with Crippen LogP contribution in [0.2, 0.25) is 0 Å². The van der Waals surface area contributed by atoms with Gasteiger partial charge in [0, 0.05) is 4.11 Å². The van der Waals surface area contributed by atoms with Crippen molar-refractivity contribution >= 4 is 17.5 Å². The summed E-state index contributed by atoms with van der Waals surface area (Å²) in [6.07, 6.45) is 0.229. The minimum atomic E-state index is -2.85. The first-order valence-electron chi connectivity index (χ1n) is 9.00. The Morgan fingerprint density at radius 2 is 1.78 bits per heavy atom. The Hall–Kier alpha value is -2.46. The molecule has 2 aliphatic rings. The molecule has 0 saturated carbocycles. The third-order valence-corrected chi connectivity index (χ3v) is 4.76. The number of carbonyl (C=O) groups is 2. The molecule has 2 aromatic rings. The summed E-state index contributed by atoms with van der Waals surface area (Å²) in [5.41, 5.74) is -1.22. The standard InChI is InChI=1S/C19H17NO3/c1-19(23)15-10-6-5-7-12(15)11-14-16(19)18(22)20(17(14)21)13-8-3-2-4-9-13/h2-10,14,16,23H,11H2,1H3/t14-,16+,19+/m0/s1/i1D3. The molecule has 2 amide bonds. The number of anilines is 1. The molecule has 4 rings (SSSR count). The van der Waals surface area contributed by atoms with Crippen LogP contribution in [0.15, 0.2) is 54.6 Å². The van der Waals surface area contributed by atoms with Gasteiger partial charge in [-0.25, -0.2) is 4.90 Å². The molecule has 3 atom stereocenters. The fourth-order valence-electron chi connectivity index (χ4n) is 3.71. The van der Waals surface area contributed by atoms with Crippen LogP contribution in [0.1, 0.15) is 22.1 Å². The maximum Gasteiger partial charge on any atom is 0.240 e. The molecule has 23 heavy (non-hydrogen) atoms. The van der Waals surface area contributed by atoms with Crippen molar-refractivity contribution in [2.45, 2.75) is 18.9 Å². The normalized spacial score (nSPS) is 31.9. The fraction of sp³-hybridized carbons (Fsp3) is 0.263. The minimum absolute atomic E-state index is 0.206. The SMILES string of the molecule is [2H]C([2H])([2H])[C@@]1(O)c2ccccc2C[C@@H]2C(=O)N(c3ccccc3)C(=O)[C@@H]21. The third-order valence-electron chi connectivity index (χ3n) is 4.76. The molecule has 0 unspecified atom stereocenters. The van der Waals surface area contributed by atoms with Crippen molar-refractivity contribution in [2.75, 3.05) is 4.90 Å². The van der Waals surface area contributed by atoms with Gasteiger partial charge in [0.25, 0.3) is 0 Å². The first-order valence-corrected chi connectivity index (χ1v) is 7.50. The lowest BCUT2D eigenvalue weighted by atomic mass is 9.68. The van der Waals surface area contributed by atoms with Gasteiger partial charge in [-0.2, -0.15) is 0 Å². The Labute approximate surface area is 138 Å². The van der Waals surface area contributed by atoms with E-state index in [0.29, 0.717) is 11.3 Å². The van der Waals surface area contributed by atoms with E-state index in [9.17, 15) is 14.7 Å². The lowest BCUT2D eigenvalue weighted by Gasteiger charge is -2.37. The van der Waals surface area contributed by atoms with Crippen LogP contribution in [-0.2, 0) is 21.6 Å². The predicted molar refractivity (Wildman–Crippen MR) is 85.6 cm³/mol. The van der Waals surface area contributed by atoms with Crippen LogP contribution >= 0.6 is 0 Å². The number of benzene rings is 2. The maximum absolute atomic E-state index is 13.1. The molecule has 1 saturated heterocycles. The van der Waals surface area contributed by atoms with Crippen LogP contribution in [0.3, 0.4) is 0 Å². The number of fused-ring (bicyclic) bond motifs is 2. The molecule has 0 spiro atoms. The molecule has 2 aromatic carbocycles. The van der Waals surface area contributed by atoms with Gasteiger partial charge in [-0.1, -0.05) is 42.5 Å². The third kappa shape index (κ3) is 1.88. The smallest absolute Gasteiger partial charge is 0.240 e. The summed E-state index contributed by atoms with van der Waals surface area (Å²) in [5, 5.41) is 11.3. The van der Waals surface area contributed by atoms with Crippen molar-refractivity contribution in [3.63, 3.8) is 0 Å². The van der Waals surface area contributed by atoms with Gasteiger partial charge in [0.05, 0.1) is 23.1 Å². The van der Waals surface area contributed by atoms with Gasteiger partial charge in [0.2, 0.25) is 11.8 Å². The summed E-state index contributed by atoms with van der Waals surface area (Å²) < 4.78 is 23.8. The average molecular weight is 310 g/mol. The predicted octanol–water partition coefficient (Wildman–Crippen LogP) is 2.26. The average Bonchev–Trinajstić information content (AvgIpc) is 2.86. The highest BCUT2D eigenvalue weighted by Crippen LogP contribution is 2.48. The van der Waals surface area contributed by atoms with E-state index >= 15 is 0 Å². The van der Waals surface area contributed by atoms with Crippen molar-refractivity contribution in [3.05, 3.63) is 65.7 Å². The second kappa shape index (κ2) is 4.77. The second-order valence-electron chi connectivity index (χ2n) is 6.06. The number of para-hydroxylation sites is 1. The Morgan fingerprint density at radius 3 is 2.52 bits per heavy atom. The first kappa shape index (κ1) is 11.1. The van der Waals surface area contributed by atoms with Crippen molar-refractivity contribution in [1.82, 2.24) is 0 Å². The molecule has 0 bridgehead atoms. The number of imide groups is 1. The molecule has 0 radical (unpaired) electrons. The van der Waals surface area contributed by atoms with E-state index in [1.807, 2.05) is 0 Å². The highest BCUT2D eigenvalue weighted by Gasteiger charge is 2.58. The molecule has 116 valence electrons. The van der Waals surface area contributed by atoms with E-state index in [1.165, 1.54) is 6.07 Å². The van der Waals surface area contributed by atoms with Crippen molar-refractivity contribution < 1.29 is 18.8 Å². The molecule has 4 nitrogen and oxygen atoms in total. The van der Waals surface area contributed by atoms with Gasteiger partial charge in [-0.05, 0) is 36.5 Å². The summed E-state index contributed by atoms with van der Waals surface area (Å²) in [6, 6.07) is 15.0. The zero-order valence-electron chi connectivity index (χ0n) is 15.3. The van der Waals surface area contributed by atoms with Crippen LogP contribution in [0.4, 0.5) is 5.69 Å². The zero-order valence-corrected chi connectivity index (χ0v) is 12.3. The lowest BCUT2D eigenvalue weighted by Crippen LogP contribution is -2.44. The van der Waals surface area contributed by atoms with Gasteiger partial charge in [0.1, 0.15) is 0 Å². The summed E-state index contributed by atoms with van der Waals surface area (Å²) in [4.78, 5) is 27.1. The topological polar surface area (TPSA) is 57.6 Å². The number of hydrogen-bond donors (Lipinski definition) is 1. The first-order chi connectivity index (χ1) is 12.3.